The monoisotopic (exact) mass is 413 g/mol. The molecule has 6 nitrogen and oxygen atoms in total. The van der Waals surface area contributed by atoms with Crippen molar-refractivity contribution in [1.82, 2.24) is 10.6 Å². The summed E-state index contributed by atoms with van der Waals surface area (Å²) in [7, 11) is 0. The van der Waals surface area contributed by atoms with E-state index in [1.54, 1.807) is 11.0 Å². The minimum atomic E-state index is -0.360. The summed E-state index contributed by atoms with van der Waals surface area (Å²) in [6, 6.07) is 19.9. The molecule has 0 unspecified atom stereocenters. The lowest BCUT2D eigenvalue weighted by Gasteiger charge is -2.28. The van der Waals surface area contributed by atoms with Crippen LogP contribution >= 0.6 is 0 Å². The minimum absolute atomic E-state index is 0.0931. The van der Waals surface area contributed by atoms with Crippen molar-refractivity contribution >= 4 is 34.2 Å². The van der Waals surface area contributed by atoms with Crippen molar-refractivity contribution in [3.05, 3.63) is 77.4 Å². The highest BCUT2D eigenvalue weighted by atomic mass is 16.2. The first-order valence-electron chi connectivity index (χ1n) is 10.4. The number of hydrogen-bond donors (Lipinski definition) is 2. The molecular formula is C25H23N3O3. The van der Waals surface area contributed by atoms with Gasteiger partial charge in [-0.25, -0.2) is 0 Å². The molecule has 0 spiro atoms. The Labute approximate surface area is 180 Å². The van der Waals surface area contributed by atoms with Crippen molar-refractivity contribution in [2.24, 2.45) is 0 Å². The number of carbonyl (C=O) groups is 3. The quantitative estimate of drug-likeness (QED) is 0.645. The molecular weight excluding hydrogens is 390 g/mol. The number of amides is 3. The number of benzene rings is 3. The van der Waals surface area contributed by atoms with Gasteiger partial charge in [0, 0.05) is 11.3 Å². The van der Waals surface area contributed by atoms with E-state index in [0.717, 1.165) is 34.7 Å². The molecule has 0 radical (unpaired) electrons. The van der Waals surface area contributed by atoms with Gasteiger partial charge in [0.15, 0.2) is 0 Å². The zero-order chi connectivity index (χ0) is 21.6. The van der Waals surface area contributed by atoms with Crippen LogP contribution in [-0.4, -0.2) is 30.8 Å². The second kappa shape index (κ2) is 7.23. The number of hydrogen-bond acceptors (Lipinski definition) is 4. The first-order valence-corrected chi connectivity index (χ1v) is 10.4. The van der Waals surface area contributed by atoms with Crippen LogP contribution in [0.1, 0.15) is 34.3 Å². The van der Waals surface area contributed by atoms with Gasteiger partial charge in [-0.2, -0.15) is 0 Å². The van der Waals surface area contributed by atoms with Gasteiger partial charge in [-0.05, 0) is 53.8 Å². The molecule has 31 heavy (non-hydrogen) atoms. The first-order chi connectivity index (χ1) is 14.9. The van der Waals surface area contributed by atoms with Crippen molar-refractivity contribution in [1.29, 1.82) is 0 Å². The maximum atomic E-state index is 13.3. The summed E-state index contributed by atoms with van der Waals surface area (Å²) in [6.07, 6.45) is 1.79. The zero-order valence-electron chi connectivity index (χ0n) is 17.3. The lowest BCUT2D eigenvalue weighted by atomic mass is 9.96. The molecule has 1 aliphatic heterocycles. The summed E-state index contributed by atoms with van der Waals surface area (Å²) in [5.41, 5.74) is 2.88. The summed E-state index contributed by atoms with van der Waals surface area (Å²) in [6.45, 7) is 2.08. The van der Waals surface area contributed by atoms with Gasteiger partial charge in [0.25, 0.3) is 5.91 Å². The predicted molar refractivity (Wildman–Crippen MR) is 119 cm³/mol. The van der Waals surface area contributed by atoms with Crippen LogP contribution in [0.25, 0.3) is 10.8 Å². The van der Waals surface area contributed by atoms with Crippen LogP contribution in [0.3, 0.4) is 0 Å². The van der Waals surface area contributed by atoms with Crippen molar-refractivity contribution < 1.29 is 14.4 Å². The van der Waals surface area contributed by atoms with Gasteiger partial charge in [0.2, 0.25) is 11.8 Å². The van der Waals surface area contributed by atoms with Crippen LogP contribution in [0, 0.1) is 6.92 Å². The molecule has 2 N–H and O–H groups in total. The summed E-state index contributed by atoms with van der Waals surface area (Å²) in [4.78, 5) is 38.5. The SMILES string of the molecule is Cc1ccc(N2CC(=O)NC(=O)C2)cc1C(=O)NC1(c2cccc3ccccc23)CC1. The fourth-order valence-electron chi connectivity index (χ4n) is 4.39. The highest BCUT2D eigenvalue weighted by Gasteiger charge is 2.46. The van der Waals surface area contributed by atoms with Crippen molar-refractivity contribution in [2.75, 3.05) is 18.0 Å². The van der Waals surface area contributed by atoms with Gasteiger partial charge >= 0.3 is 0 Å². The molecule has 6 heteroatoms. The largest absolute Gasteiger partial charge is 0.353 e. The summed E-state index contributed by atoms with van der Waals surface area (Å²) in [5, 5.41) is 7.90. The normalized spacial score (nSPS) is 17.4. The van der Waals surface area contributed by atoms with E-state index in [4.69, 9.17) is 0 Å². The number of nitrogens with one attached hydrogen (secondary N) is 2. The van der Waals surface area contributed by atoms with E-state index in [9.17, 15) is 14.4 Å². The Morgan fingerprint density at radius 2 is 1.68 bits per heavy atom. The average Bonchev–Trinajstić information content (AvgIpc) is 3.53. The molecule has 1 saturated heterocycles. The number of imide groups is 1. The van der Waals surface area contributed by atoms with Crippen LogP contribution in [0.15, 0.2) is 60.7 Å². The zero-order valence-corrected chi connectivity index (χ0v) is 17.3. The molecule has 156 valence electrons. The Bertz CT molecular complexity index is 1210. The van der Waals surface area contributed by atoms with E-state index >= 15 is 0 Å². The van der Waals surface area contributed by atoms with E-state index in [-0.39, 0.29) is 36.3 Å². The average molecular weight is 413 g/mol. The van der Waals surface area contributed by atoms with Crippen LogP contribution < -0.4 is 15.5 Å². The molecule has 1 saturated carbocycles. The molecule has 2 fully saturated rings. The van der Waals surface area contributed by atoms with E-state index in [1.807, 2.05) is 37.3 Å². The fraction of sp³-hybridized carbons (Fsp3) is 0.240. The Morgan fingerprint density at radius 1 is 0.968 bits per heavy atom. The van der Waals surface area contributed by atoms with Crippen LogP contribution in [0.5, 0.6) is 0 Å². The highest BCUT2D eigenvalue weighted by Crippen LogP contribution is 2.48. The number of anilines is 1. The molecule has 0 bridgehead atoms. The third kappa shape index (κ3) is 3.54. The summed E-state index contributed by atoms with van der Waals surface area (Å²) >= 11 is 0. The summed E-state index contributed by atoms with van der Waals surface area (Å²) < 4.78 is 0. The number of fused-ring (bicyclic) bond motifs is 1. The van der Waals surface area contributed by atoms with Crippen LogP contribution in [0.4, 0.5) is 5.69 Å². The van der Waals surface area contributed by atoms with Crippen molar-refractivity contribution in [2.45, 2.75) is 25.3 Å². The molecule has 1 aliphatic carbocycles. The van der Waals surface area contributed by atoms with E-state index in [2.05, 4.69) is 34.9 Å². The topological polar surface area (TPSA) is 78.5 Å². The second-order valence-corrected chi connectivity index (χ2v) is 8.39. The number of nitrogens with zero attached hydrogens (tertiary/aromatic N) is 1. The molecule has 0 atom stereocenters. The van der Waals surface area contributed by atoms with Gasteiger partial charge in [-0.1, -0.05) is 48.5 Å². The minimum Gasteiger partial charge on any atom is -0.353 e. The smallest absolute Gasteiger partial charge is 0.252 e. The van der Waals surface area contributed by atoms with E-state index < -0.39 is 0 Å². The Kier molecular flexibility index (Phi) is 4.50. The van der Waals surface area contributed by atoms with E-state index in [0.29, 0.717) is 11.3 Å². The number of piperazine rings is 1. The maximum Gasteiger partial charge on any atom is 0.252 e. The van der Waals surface area contributed by atoms with Gasteiger partial charge in [-0.15, -0.1) is 0 Å². The van der Waals surface area contributed by atoms with Gasteiger partial charge in [-0.3, -0.25) is 19.7 Å². The molecule has 3 aromatic carbocycles. The predicted octanol–water partition coefficient (Wildman–Crippen LogP) is 3.03. The third-order valence-electron chi connectivity index (χ3n) is 6.19. The molecule has 5 rings (SSSR count). The maximum absolute atomic E-state index is 13.3. The molecule has 0 aromatic heterocycles. The van der Waals surface area contributed by atoms with Gasteiger partial charge in [0.05, 0.1) is 18.6 Å². The Hall–Kier alpha value is -3.67. The Morgan fingerprint density at radius 3 is 2.42 bits per heavy atom. The fourth-order valence-corrected chi connectivity index (χ4v) is 4.39. The standard InChI is InChI=1S/C25H23N3O3/c1-16-9-10-18(28-14-22(29)26-23(30)15-28)13-20(16)24(31)27-25(11-12-25)21-8-4-6-17-5-2-3-7-19(17)21/h2-10,13H,11-12,14-15H2,1H3,(H,27,31)(H,26,29,30). The van der Waals surface area contributed by atoms with Crippen molar-refractivity contribution in [3.8, 4) is 0 Å². The highest BCUT2D eigenvalue weighted by molar-refractivity contribution is 6.03. The van der Waals surface area contributed by atoms with Gasteiger partial charge in [0.1, 0.15) is 0 Å². The number of carbonyl (C=O) groups excluding carboxylic acids is 3. The van der Waals surface area contributed by atoms with Crippen LogP contribution in [-0.2, 0) is 15.1 Å². The third-order valence-corrected chi connectivity index (χ3v) is 6.19. The lowest BCUT2D eigenvalue weighted by molar-refractivity contribution is -0.130. The molecule has 2 aliphatic rings. The lowest BCUT2D eigenvalue weighted by Crippen LogP contribution is -2.51. The molecule has 3 aromatic rings. The van der Waals surface area contributed by atoms with Crippen LogP contribution in [0.2, 0.25) is 0 Å². The molecule has 1 heterocycles. The van der Waals surface area contributed by atoms with Gasteiger partial charge < -0.3 is 10.2 Å². The second-order valence-electron chi connectivity index (χ2n) is 8.39. The van der Waals surface area contributed by atoms with Crippen molar-refractivity contribution in [3.63, 3.8) is 0 Å². The first kappa shape index (κ1) is 19.3. The van der Waals surface area contributed by atoms with E-state index in [1.165, 1.54) is 0 Å². The molecule has 3 amide bonds. The number of aryl methyl sites for hydroxylation is 1. The number of rotatable bonds is 4. The Balaban J connectivity index is 1.44. The summed E-state index contributed by atoms with van der Waals surface area (Å²) in [5.74, 6) is -0.816.